The smallest absolute Gasteiger partial charge is 0.310 e. The molecule has 0 N–H and O–H groups in total. The van der Waals surface area contributed by atoms with E-state index in [4.69, 9.17) is 13.6 Å². The van der Waals surface area contributed by atoms with E-state index >= 15 is 0 Å². The molecule has 0 heterocycles. The number of hydrogen-bond acceptors (Lipinski definition) is 5. The zero-order valence-corrected chi connectivity index (χ0v) is 26.3. The van der Waals surface area contributed by atoms with Gasteiger partial charge in [-0.25, -0.2) is 0 Å². The Labute approximate surface area is 245 Å². The van der Waals surface area contributed by atoms with Gasteiger partial charge in [0.25, 0.3) is 0 Å². The molecule has 212 valence electrons. The summed E-state index contributed by atoms with van der Waals surface area (Å²) in [5.41, 5.74) is 3.77. The van der Waals surface area contributed by atoms with Crippen LogP contribution in [0.25, 0.3) is 0 Å². The molecule has 0 radical (unpaired) electrons. The number of benzene rings is 4. The minimum absolute atomic E-state index is 0.217. The van der Waals surface area contributed by atoms with Gasteiger partial charge in [-0.05, 0) is 58.8 Å². The van der Waals surface area contributed by atoms with Crippen LogP contribution in [-0.4, -0.2) is 28.6 Å². The summed E-state index contributed by atoms with van der Waals surface area (Å²) in [6.45, 7) is 9.32. The summed E-state index contributed by atoms with van der Waals surface area (Å²) < 4.78 is 17.9. The van der Waals surface area contributed by atoms with Crippen LogP contribution in [0.5, 0.6) is 0 Å². The highest BCUT2D eigenvalue weighted by Crippen LogP contribution is 2.17. The number of carbonyl (C=O) groups is 2. The van der Waals surface area contributed by atoms with Gasteiger partial charge in [0, 0.05) is 0 Å². The second-order valence-electron chi connectivity index (χ2n) is 11.2. The lowest BCUT2D eigenvalue weighted by molar-refractivity contribution is -0.145. The number of esters is 2. The third-order valence-corrected chi connectivity index (χ3v) is 14.4. The van der Waals surface area contributed by atoms with Gasteiger partial charge in [-0.15, -0.1) is 0 Å². The monoisotopic (exact) mass is 582 g/mol. The molecule has 0 aliphatic carbocycles. The number of rotatable bonds is 12. The van der Waals surface area contributed by atoms with Crippen LogP contribution < -0.4 is 10.4 Å². The summed E-state index contributed by atoms with van der Waals surface area (Å²) in [4.78, 5) is 25.0. The molecule has 0 amide bonds. The summed E-state index contributed by atoms with van der Waals surface area (Å²) in [5, 5.41) is 2.26. The highest BCUT2D eigenvalue weighted by atomic mass is 28.4. The maximum atomic E-state index is 12.5. The van der Waals surface area contributed by atoms with E-state index in [2.05, 4.69) is 50.5 Å². The summed E-state index contributed by atoms with van der Waals surface area (Å²) in [6, 6.07) is 35.6. The van der Waals surface area contributed by atoms with E-state index in [0.717, 1.165) is 32.6 Å². The van der Waals surface area contributed by atoms with Crippen molar-refractivity contribution >= 4 is 38.9 Å². The van der Waals surface area contributed by atoms with E-state index in [1.54, 1.807) is 0 Å². The zero-order chi connectivity index (χ0) is 29.3. The Balaban J connectivity index is 1.37. The molecule has 7 heteroatoms. The maximum absolute atomic E-state index is 12.5. The molecule has 0 saturated carbocycles. The fraction of sp³-hybridized carbons (Fsp3) is 0.235. The quantitative estimate of drug-likeness (QED) is 0.156. The van der Waals surface area contributed by atoms with Gasteiger partial charge < -0.3 is 13.6 Å². The average Bonchev–Trinajstić information content (AvgIpc) is 2.96. The first-order valence-electron chi connectivity index (χ1n) is 13.9. The number of ether oxygens (including phenoxy) is 2. The molecule has 0 aliphatic heterocycles. The van der Waals surface area contributed by atoms with Crippen LogP contribution in [0.1, 0.15) is 22.3 Å². The van der Waals surface area contributed by atoms with Crippen LogP contribution in [0.2, 0.25) is 26.2 Å². The standard InChI is InChI=1S/C34H38O5Si2/c1-40(2,31-19-11-17-29(21-31)23-33(35)37-25-27-13-7-5-8-14-27)39-41(3,4)32-20-12-18-30(22-32)24-34(36)38-26-28-15-9-6-10-16-28/h5-22H,23-26H2,1-4H3. The van der Waals surface area contributed by atoms with Gasteiger partial charge in [-0.1, -0.05) is 109 Å². The van der Waals surface area contributed by atoms with Crippen molar-refractivity contribution in [2.75, 3.05) is 0 Å². The fourth-order valence-electron chi connectivity index (χ4n) is 4.78. The summed E-state index contributed by atoms with van der Waals surface area (Å²) in [5.74, 6) is -0.500. The van der Waals surface area contributed by atoms with Gasteiger partial charge in [0.2, 0.25) is 16.6 Å². The normalized spacial score (nSPS) is 11.6. The highest BCUT2D eigenvalue weighted by molar-refractivity contribution is 6.96. The Morgan fingerprint density at radius 3 is 1.27 bits per heavy atom. The van der Waals surface area contributed by atoms with E-state index in [-0.39, 0.29) is 38.0 Å². The molecule has 4 rings (SSSR count). The molecule has 0 spiro atoms. The van der Waals surface area contributed by atoms with Crippen molar-refractivity contribution in [3.8, 4) is 0 Å². The molecule has 0 aromatic heterocycles. The van der Waals surface area contributed by atoms with Gasteiger partial charge in [0.05, 0.1) is 12.8 Å². The number of carbonyl (C=O) groups excluding carboxylic acids is 2. The number of hydrogen-bond donors (Lipinski definition) is 0. The van der Waals surface area contributed by atoms with Crippen LogP contribution in [0.3, 0.4) is 0 Å². The van der Waals surface area contributed by atoms with Gasteiger partial charge in [0.15, 0.2) is 0 Å². The average molecular weight is 583 g/mol. The fourth-order valence-corrected chi connectivity index (χ4v) is 12.9. The molecule has 5 nitrogen and oxygen atoms in total. The summed E-state index contributed by atoms with van der Waals surface area (Å²) >= 11 is 0. The van der Waals surface area contributed by atoms with E-state index in [1.165, 1.54) is 0 Å². The van der Waals surface area contributed by atoms with Crippen molar-refractivity contribution in [1.29, 1.82) is 0 Å². The first-order chi connectivity index (χ1) is 19.6. The van der Waals surface area contributed by atoms with Crippen molar-refractivity contribution < 1.29 is 23.2 Å². The Morgan fingerprint density at radius 1 is 0.512 bits per heavy atom. The molecule has 0 bridgehead atoms. The van der Waals surface area contributed by atoms with E-state index in [0.29, 0.717) is 0 Å². The van der Waals surface area contributed by atoms with Crippen LogP contribution in [-0.2, 0) is 49.2 Å². The van der Waals surface area contributed by atoms with Gasteiger partial charge >= 0.3 is 11.9 Å². The van der Waals surface area contributed by atoms with E-state index in [9.17, 15) is 9.59 Å². The van der Waals surface area contributed by atoms with Crippen LogP contribution in [0.15, 0.2) is 109 Å². The largest absolute Gasteiger partial charge is 0.461 e. The predicted octanol–water partition coefficient (Wildman–Crippen LogP) is 5.80. The molecule has 0 unspecified atom stereocenters. The van der Waals surface area contributed by atoms with Crippen LogP contribution in [0.4, 0.5) is 0 Å². The third-order valence-electron chi connectivity index (χ3n) is 6.94. The Kier molecular flexibility index (Phi) is 10.1. The topological polar surface area (TPSA) is 61.8 Å². The van der Waals surface area contributed by atoms with E-state index < -0.39 is 16.6 Å². The van der Waals surface area contributed by atoms with Gasteiger partial charge in [-0.2, -0.15) is 0 Å². The molecular formula is C34H38O5Si2. The van der Waals surface area contributed by atoms with Crippen molar-refractivity contribution in [2.24, 2.45) is 0 Å². The lowest BCUT2D eigenvalue weighted by atomic mass is 10.1. The summed E-state index contributed by atoms with van der Waals surface area (Å²) in [6.07, 6.45) is 0.433. The predicted molar refractivity (Wildman–Crippen MR) is 168 cm³/mol. The summed E-state index contributed by atoms with van der Waals surface area (Å²) in [7, 11) is -4.67. The van der Waals surface area contributed by atoms with Crippen LogP contribution >= 0.6 is 0 Å². The Hall–Kier alpha value is -3.79. The van der Waals surface area contributed by atoms with Gasteiger partial charge in [0.1, 0.15) is 13.2 Å². The minimum atomic E-state index is -2.33. The Bertz CT molecular complexity index is 1340. The molecule has 0 saturated heterocycles. The third kappa shape index (κ3) is 9.11. The first kappa shape index (κ1) is 30.2. The highest BCUT2D eigenvalue weighted by Gasteiger charge is 2.36. The second kappa shape index (κ2) is 13.7. The first-order valence-corrected chi connectivity index (χ1v) is 19.7. The van der Waals surface area contributed by atoms with Gasteiger partial charge in [-0.3, -0.25) is 9.59 Å². The van der Waals surface area contributed by atoms with Crippen molar-refractivity contribution in [2.45, 2.75) is 52.2 Å². The lowest BCUT2D eigenvalue weighted by Crippen LogP contribution is -2.57. The second-order valence-corrected chi connectivity index (χ2v) is 19.2. The van der Waals surface area contributed by atoms with Crippen molar-refractivity contribution in [3.05, 3.63) is 131 Å². The molecule has 0 atom stereocenters. The molecule has 4 aromatic carbocycles. The van der Waals surface area contributed by atoms with E-state index in [1.807, 2.05) is 84.9 Å². The zero-order valence-electron chi connectivity index (χ0n) is 24.3. The van der Waals surface area contributed by atoms with Crippen molar-refractivity contribution in [3.63, 3.8) is 0 Å². The Morgan fingerprint density at radius 2 is 0.878 bits per heavy atom. The molecule has 0 fully saturated rings. The lowest BCUT2D eigenvalue weighted by Gasteiger charge is -2.35. The van der Waals surface area contributed by atoms with Crippen LogP contribution in [0, 0.1) is 0 Å². The molecule has 0 aliphatic rings. The SMILES string of the molecule is C[Si](C)(O[Si](C)(C)c1cccc(CC(=O)OCc2ccccc2)c1)c1cccc(CC(=O)OCc2ccccc2)c1. The van der Waals surface area contributed by atoms with Crippen molar-refractivity contribution in [1.82, 2.24) is 0 Å². The molecular weight excluding hydrogens is 545 g/mol. The maximum Gasteiger partial charge on any atom is 0.310 e. The molecule has 4 aromatic rings. The minimum Gasteiger partial charge on any atom is -0.461 e. The molecule has 41 heavy (non-hydrogen) atoms.